The van der Waals surface area contributed by atoms with Gasteiger partial charge in [-0.2, -0.15) is 8.42 Å². The molecular formula is C28H46O6S. The average molecular weight is 511 g/mol. The third-order valence-corrected chi connectivity index (χ3v) is 11.5. The number of fused-ring (bicyclic) bond motifs is 5. The maximum absolute atomic E-state index is 11.8. The molecule has 0 aromatic rings. The van der Waals surface area contributed by atoms with Gasteiger partial charge in [-0.15, -0.1) is 0 Å². The second-order valence-corrected chi connectivity index (χ2v) is 14.1. The lowest BCUT2D eigenvalue weighted by Gasteiger charge is -2.62. The van der Waals surface area contributed by atoms with E-state index in [1.807, 2.05) is 6.08 Å². The van der Waals surface area contributed by atoms with E-state index in [1.54, 1.807) is 0 Å². The van der Waals surface area contributed by atoms with Gasteiger partial charge in [0.25, 0.3) is 0 Å². The van der Waals surface area contributed by atoms with Gasteiger partial charge in [0, 0.05) is 11.8 Å². The van der Waals surface area contributed by atoms with Crippen LogP contribution in [-0.4, -0.2) is 41.0 Å². The molecular weight excluding hydrogens is 464 g/mol. The maximum atomic E-state index is 11.8. The number of rotatable bonds is 7. The minimum absolute atomic E-state index is 0.00787. The zero-order chi connectivity index (χ0) is 26.0. The second-order valence-electron chi connectivity index (χ2n) is 13.0. The van der Waals surface area contributed by atoms with Crippen molar-refractivity contribution in [3.8, 4) is 0 Å². The van der Waals surface area contributed by atoms with Crippen LogP contribution < -0.4 is 0 Å². The molecule has 0 aliphatic heterocycles. The van der Waals surface area contributed by atoms with E-state index >= 15 is 0 Å². The molecule has 7 heteroatoms. The Morgan fingerprint density at radius 2 is 1.83 bits per heavy atom. The summed E-state index contributed by atoms with van der Waals surface area (Å²) in [6, 6.07) is 0. The van der Waals surface area contributed by atoms with Gasteiger partial charge in [-0.25, -0.2) is 4.18 Å². The Kier molecular flexibility index (Phi) is 7.20. The first-order chi connectivity index (χ1) is 16.1. The van der Waals surface area contributed by atoms with Crippen molar-refractivity contribution in [3.05, 3.63) is 23.8 Å². The Balaban J connectivity index is 1.57. The molecule has 3 fully saturated rings. The first-order valence-electron chi connectivity index (χ1n) is 13.6. The van der Waals surface area contributed by atoms with Gasteiger partial charge in [0.15, 0.2) is 0 Å². The molecule has 0 aromatic heterocycles. The highest BCUT2D eigenvalue weighted by atomic mass is 32.3. The van der Waals surface area contributed by atoms with Crippen LogP contribution in [0.1, 0.15) is 92.4 Å². The third kappa shape index (κ3) is 4.58. The Morgan fingerprint density at radius 1 is 1.14 bits per heavy atom. The summed E-state index contributed by atoms with van der Waals surface area (Å²) in [6.07, 6.45) is 7.58. The van der Waals surface area contributed by atoms with Crippen LogP contribution in [0.25, 0.3) is 0 Å². The standard InChI is InChI=1S/C28H46O6S/c1-17(2)18(3)7-8-19(4)22-9-10-23-21-15-25(29)28(30)16-20(34-35(31,32)33)11-14-27(28,6)24(21)12-13-26(22,23)5/h15,17,19-20,22-25,29-30H,3,7-14,16H2,1-2,4-6H3,(H,31,32,33)/t19-,20+,22-,23+,24+,25-,26-,27-,28+/m1/s1. The van der Waals surface area contributed by atoms with Gasteiger partial charge in [-0.05, 0) is 86.4 Å². The van der Waals surface area contributed by atoms with E-state index in [1.165, 1.54) is 24.0 Å². The van der Waals surface area contributed by atoms with Gasteiger partial charge in [0.2, 0.25) is 0 Å². The summed E-state index contributed by atoms with van der Waals surface area (Å²) in [4.78, 5) is 0. The van der Waals surface area contributed by atoms with Crippen molar-refractivity contribution in [3.63, 3.8) is 0 Å². The highest BCUT2D eigenvalue weighted by Crippen LogP contribution is 2.67. The van der Waals surface area contributed by atoms with E-state index in [9.17, 15) is 18.6 Å². The lowest BCUT2D eigenvalue weighted by atomic mass is 9.45. The predicted molar refractivity (Wildman–Crippen MR) is 137 cm³/mol. The SMILES string of the molecule is C=C(CC[C@@H](C)[C@H]1CC[C@H]2C3=C[C@@H](O)[C@@]4(O)C[C@@H](OS(=O)(=O)O)CC[C@]4(C)[C@H]3CC[C@]12C)C(C)C. The average Bonchev–Trinajstić information content (AvgIpc) is 3.10. The minimum Gasteiger partial charge on any atom is -0.386 e. The number of aliphatic hydroxyl groups excluding tert-OH is 1. The molecule has 4 aliphatic carbocycles. The Hall–Kier alpha value is -0.730. The van der Waals surface area contributed by atoms with Crippen molar-refractivity contribution >= 4 is 10.4 Å². The van der Waals surface area contributed by atoms with Crippen LogP contribution in [0.4, 0.5) is 0 Å². The van der Waals surface area contributed by atoms with E-state index in [0.717, 1.165) is 25.7 Å². The fraction of sp³-hybridized carbons (Fsp3) is 0.857. The Labute approximate surface area is 212 Å². The molecule has 0 saturated heterocycles. The summed E-state index contributed by atoms with van der Waals surface area (Å²) >= 11 is 0. The molecule has 6 nitrogen and oxygen atoms in total. The zero-order valence-corrected chi connectivity index (χ0v) is 23.0. The fourth-order valence-electron chi connectivity index (χ4n) is 8.66. The van der Waals surface area contributed by atoms with Crippen LogP contribution in [0, 0.1) is 40.4 Å². The molecule has 0 radical (unpaired) electrons. The molecule has 0 spiro atoms. The molecule has 4 rings (SSSR count). The smallest absolute Gasteiger partial charge is 0.386 e. The van der Waals surface area contributed by atoms with Crippen LogP contribution in [0.3, 0.4) is 0 Å². The topological polar surface area (TPSA) is 104 Å². The fourth-order valence-corrected chi connectivity index (χ4v) is 9.17. The molecule has 0 amide bonds. The van der Waals surface area contributed by atoms with Crippen LogP contribution in [0.2, 0.25) is 0 Å². The molecule has 4 aliphatic rings. The molecule has 0 heterocycles. The van der Waals surface area contributed by atoms with Gasteiger partial charge in [-0.3, -0.25) is 4.55 Å². The van der Waals surface area contributed by atoms with Crippen LogP contribution in [0.5, 0.6) is 0 Å². The monoisotopic (exact) mass is 510 g/mol. The van der Waals surface area contributed by atoms with Crippen LogP contribution in [0.15, 0.2) is 23.8 Å². The maximum Gasteiger partial charge on any atom is 0.397 e. The molecule has 0 aromatic carbocycles. The molecule has 0 bridgehead atoms. The normalized spacial score (nSPS) is 44.3. The summed E-state index contributed by atoms with van der Waals surface area (Å²) in [6.45, 7) is 15.6. The lowest BCUT2D eigenvalue weighted by Crippen LogP contribution is -2.65. The minimum atomic E-state index is -4.61. The van der Waals surface area contributed by atoms with Crippen molar-refractivity contribution in [2.24, 2.45) is 40.4 Å². The molecule has 0 unspecified atom stereocenters. The first-order valence-corrected chi connectivity index (χ1v) is 14.9. The molecule has 9 atom stereocenters. The summed E-state index contributed by atoms with van der Waals surface area (Å²) < 4.78 is 36.6. The van der Waals surface area contributed by atoms with Gasteiger partial charge >= 0.3 is 10.4 Å². The highest BCUT2D eigenvalue weighted by Gasteiger charge is 2.65. The van der Waals surface area contributed by atoms with Crippen molar-refractivity contribution in [1.29, 1.82) is 0 Å². The van der Waals surface area contributed by atoms with Gasteiger partial charge in [0.05, 0.1) is 6.10 Å². The summed E-state index contributed by atoms with van der Waals surface area (Å²) in [5.74, 6) is 2.35. The molecule has 35 heavy (non-hydrogen) atoms. The Morgan fingerprint density at radius 3 is 2.46 bits per heavy atom. The van der Waals surface area contributed by atoms with Gasteiger partial charge < -0.3 is 10.2 Å². The number of allylic oxidation sites excluding steroid dienone is 2. The predicted octanol–water partition coefficient (Wildman–Crippen LogP) is 5.47. The highest BCUT2D eigenvalue weighted by molar-refractivity contribution is 7.80. The number of aliphatic hydroxyl groups is 2. The number of hydrogen-bond acceptors (Lipinski definition) is 5. The second kappa shape index (κ2) is 9.23. The van der Waals surface area contributed by atoms with Crippen LogP contribution >= 0.6 is 0 Å². The van der Waals surface area contributed by atoms with Crippen molar-refractivity contribution < 1.29 is 27.4 Å². The summed E-state index contributed by atoms with van der Waals surface area (Å²) in [5, 5.41) is 23.0. The quantitative estimate of drug-likeness (QED) is 0.310. The first kappa shape index (κ1) is 27.3. The summed E-state index contributed by atoms with van der Waals surface area (Å²) in [5.41, 5.74) is 0.797. The molecule has 200 valence electrons. The Bertz CT molecular complexity index is 972. The van der Waals surface area contributed by atoms with Crippen molar-refractivity contribution in [1.82, 2.24) is 0 Å². The van der Waals surface area contributed by atoms with Crippen molar-refractivity contribution in [2.75, 3.05) is 0 Å². The van der Waals surface area contributed by atoms with E-state index in [-0.39, 0.29) is 17.8 Å². The van der Waals surface area contributed by atoms with E-state index in [0.29, 0.717) is 36.5 Å². The third-order valence-electron chi connectivity index (χ3n) is 11.0. The zero-order valence-electron chi connectivity index (χ0n) is 22.2. The van der Waals surface area contributed by atoms with Gasteiger partial charge in [-0.1, -0.05) is 58.4 Å². The van der Waals surface area contributed by atoms with Crippen LogP contribution in [-0.2, 0) is 14.6 Å². The van der Waals surface area contributed by atoms with E-state index in [4.69, 9.17) is 8.74 Å². The van der Waals surface area contributed by atoms with Crippen molar-refractivity contribution in [2.45, 2.75) is 110 Å². The number of hydrogen-bond donors (Lipinski definition) is 3. The molecule has 3 saturated carbocycles. The summed E-state index contributed by atoms with van der Waals surface area (Å²) in [7, 11) is -4.61. The van der Waals surface area contributed by atoms with E-state index in [2.05, 4.69) is 41.2 Å². The molecule has 3 N–H and O–H groups in total. The van der Waals surface area contributed by atoms with Gasteiger partial charge in [0.1, 0.15) is 11.7 Å². The largest absolute Gasteiger partial charge is 0.397 e. The van der Waals surface area contributed by atoms with E-state index < -0.39 is 33.6 Å². The lowest BCUT2D eigenvalue weighted by molar-refractivity contribution is -0.208.